The van der Waals surface area contributed by atoms with E-state index in [1.54, 1.807) is 18.2 Å². The molecular formula is C31H31N3O6. The molecule has 40 heavy (non-hydrogen) atoms. The number of aromatic hydroxyl groups is 1. The number of aromatic nitrogens is 1. The number of rotatable bonds is 4. The number of carbonyl (C=O) groups excluding carboxylic acids is 1. The molecule has 2 aromatic carbocycles. The van der Waals surface area contributed by atoms with E-state index in [1.165, 1.54) is 18.9 Å². The lowest BCUT2D eigenvalue weighted by Crippen LogP contribution is -2.75. The van der Waals surface area contributed by atoms with Crippen LogP contribution in [0.1, 0.15) is 42.4 Å². The Morgan fingerprint density at radius 3 is 2.83 bits per heavy atom. The maximum atomic E-state index is 13.8. The second kappa shape index (κ2) is 7.89. The van der Waals surface area contributed by atoms with Gasteiger partial charge in [0.05, 0.1) is 22.1 Å². The molecule has 0 unspecified atom stereocenters. The molecular weight excluding hydrogens is 510 g/mol. The topological polar surface area (TPSA) is 135 Å². The van der Waals surface area contributed by atoms with Crippen LogP contribution in [0.25, 0.3) is 10.9 Å². The summed E-state index contributed by atoms with van der Waals surface area (Å²) in [6.07, 6.45) is 2.51. The van der Waals surface area contributed by atoms with Crippen LogP contribution in [0.5, 0.6) is 11.5 Å². The van der Waals surface area contributed by atoms with Crippen LogP contribution >= 0.6 is 0 Å². The number of carbonyl (C=O) groups is 1. The van der Waals surface area contributed by atoms with Crippen molar-refractivity contribution in [2.45, 2.75) is 62.2 Å². The summed E-state index contributed by atoms with van der Waals surface area (Å²) in [6, 6.07) is 10.1. The normalized spacial score (nSPS) is 30.2. The maximum absolute atomic E-state index is 13.8. The zero-order chi connectivity index (χ0) is 27.6. The average Bonchev–Trinajstić information content (AvgIpc) is 3.65. The van der Waals surface area contributed by atoms with Crippen molar-refractivity contribution in [3.05, 3.63) is 74.8 Å². The van der Waals surface area contributed by atoms with Gasteiger partial charge in [0.1, 0.15) is 5.76 Å². The number of piperidine rings is 1. The number of aromatic amines is 1. The van der Waals surface area contributed by atoms with Gasteiger partial charge in [-0.1, -0.05) is 12.1 Å². The predicted molar refractivity (Wildman–Crippen MR) is 148 cm³/mol. The molecule has 3 aliphatic carbocycles. The molecule has 1 amide bonds. The zero-order valence-electron chi connectivity index (χ0n) is 22.2. The fraction of sp³-hybridized carbons (Fsp3) is 0.419. The molecule has 1 saturated carbocycles. The van der Waals surface area contributed by atoms with Crippen LogP contribution < -0.4 is 15.6 Å². The lowest BCUT2D eigenvalue weighted by atomic mass is 9.49. The number of amides is 1. The fourth-order valence-electron chi connectivity index (χ4n) is 8.09. The SMILES string of the molecule is Cc1cc(=O)[nH]c2cc(NC(=O)C3=C(O)[C@@H]4Oc5c(O)ccc6c5[C@@]45CCN(CC4CC4)[C@H](C6)[C@]5(O)C3)ccc12. The van der Waals surface area contributed by atoms with Crippen molar-refractivity contribution in [1.82, 2.24) is 9.88 Å². The van der Waals surface area contributed by atoms with E-state index >= 15 is 0 Å². The van der Waals surface area contributed by atoms with E-state index < -0.39 is 23.0 Å². The summed E-state index contributed by atoms with van der Waals surface area (Å²) in [5, 5.41) is 38.8. The molecule has 2 aliphatic heterocycles. The van der Waals surface area contributed by atoms with Crippen LogP contribution in [0, 0.1) is 12.8 Å². The second-order valence-electron chi connectivity index (χ2n) is 12.3. The molecule has 1 saturated heterocycles. The minimum atomic E-state index is -1.37. The molecule has 3 heterocycles. The van der Waals surface area contributed by atoms with Gasteiger partial charge in [-0.3, -0.25) is 14.5 Å². The maximum Gasteiger partial charge on any atom is 0.255 e. The number of ether oxygens (including phenoxy) is 1. The second-order valence-corrected chi connectivity index (χ2v) is 12.3. The zero-order valence-corrected chi connectivity index (χ0v) is 22.2. The number of H-pyrrole nitrogens is 1. The fourth-order valence-corrected chi connectivity index (χ4v) is 8.09. The quantitative estimate of drug-likeness (QED) is 0.342. The van der Waals surface area contributed by atoms with Crippen molar-refractivity contribution in [3.63, 3.8) is 0 Å². The van der Waals surface area contributed by atoms with Gasteiger partial charge in [0.25, 0.3) is 5.91 Å². The number of hydrogen-bond donors (Lipinski definition) is 5. The minimum Gasteiger partial charge on any atom is -0.508 e. The smallest absolute Gasteiger partial charge is 0.255 e. The van der Waals surface area contributed by atoms with E-state index in [-0.39, 0.29) is 35.1 Å². The number of likely N-dealkylation sites (tertiary alicyclic amines) is 1. The lowest BCUT2D eigenvalue weighted by molar-refractivity contribution is -0.172. The number of nitrogens with one attached hydrogen (secondary N) is 2. The van der Waals surface area contributed by atoms with Gasteiger partial charge in [-0.2, -0.15) is 0 Å². The third-order valence-corrected chi connectivity index (χ3v) is 10.1. The average molecular weight is 542 g/mol. The number of phenolic OH excluding ortho intramolecular Hbond substituents is 1. The molecule has 206 valence electrons. The number of anilines is 1. The molecule has 0 radical (unpaired) electrons. The summed E-state index contributed by atoms with van der Waals surface area (Å²) < 4.78 is 6.27. The number of pyridine rings is 1. The molecule has 5 N–H and O–H groups in total. The number of benzene rings is 2. The van der Waals surface area contributed by atoms with E-state index in [2.05, 4.69) is 15.2 Å². The number of aliphatic hydroxyl groups is 2. The van der Waals surface area contributed by atoms with Gasteiger partial charge in [0, 0.05) is 41.7 Å². The van der Waals surface area contributed by atoms with Crippen LogP contribution in [-0.2, 0) is 16.6 Å². The summed E-state index contributed by atoms with van der Waals surface area (Å²) in [5.41, 5.74) is 1.21. The van der Waals surface area contributed by atoms with Crippen LogP contribution in [0.15, 0.2) is 52.5 Å². The van der Waals surface area contributed by atoms with Gasteiger partial charge >= 0.3 is 0 Å². The van der Waals surface area contributed by atoms with Crippen LogP contribution in [-0.4, -0.2) is 61.9 Å². The first-order valence-corrected chi connectivity index (χ1v) is 14.0. The molecule has 2 fully saturated rings. The third-order valence-electron chi connectivity index (χ3n) is 10.1. The first-order valence-electron chi connectivity index (χ1n) is 14.0. The first-order chi connectivity index (χ1) is 19.2. The van der Waals surface area contributed by atoms with Crippen LogP contribution in [0.4, 0.5) is 5.69 Å². The van der Waals surface area contributed by atoms with Gasteiger partial charge in [-0.15, -0.1) is 0 Å². The van der Waals surface area contributed by atoms with Gasteiger partial charge in [0.2, 0.25) is 5.56 Å². The van der Waals surface area contributed by atoms with Crippen molar-refractivity contribution in [2.24, 2.45) is 5.92 Å². The first kappa shape index (κ1) is 24.0. The highest BCUT2D eigenvalue weighted by molar-refractivity contribution is 6.05. The van der Waals surface area contributed by atoms with Crippen LogP contribution in [0.2, 0.25) is 0 Å². The number of aliphatic hydroxyl groups excluding tert-OH is 1. The van der Waals surface area contributed by atoms with E-state index in [9.17, 15) is 24.9 Å². The summed E-state index contributed by atoms with van der Waals surface area (Å²) in [5.74, 6) is 0.171. The van der Waals surface area contributed by atoms with Crippen molar-refractivity contribution in [1.29, 1.82) is 0 Å². The molecule has 9 heteroatoms. The highest BCUT2D eigenvalue weighted by Gasteiger charge is 2.73. The number of fused-ring (bicyclic) bond motifs is 1. The van der Waals surface area contributed by atoms with E-state index in [0.29, 0.717) is 35.7 Å². The molecule has 2 bridgehead atoms. The number of hydrogen-bond acceptors (Lipinski definition) is 7. The van der Waals surface area contributed by atoms with Crippen molar-refractivity contribution < 1.29 is 24.9 Å². The Labute approximate surface area is 230 Å². The third kappa shape index (κ3) is 3.04. The summed E-state index contributed by atoms with van der Waals surface area (Å²) >= 11 is 0. The highest BCUT2D eigenvalue weighted by atomic mass is 16.5. The Bertz CT molecular complexity index is 1720. The van der Waals surface area contributed by atoms with Gasteiger partial charge in [-0.25, -0.2) is 0 Å². The van der Waals surface area contributed by atoms with Gasteiger partial charge < -0.3 is 30.4 Å². The standard InChI is InChI=1S/C31H31N3O6/c1-15-10-24(36)33-21-12-18(5-6-19(15)21)32-29(38)20-13-31(39)23-11-17-4-7-22(35)27-25(17)30(31,28(40-27)26(20)37)8-9-34(23)14-16-2-3-16/h4-7,10,12,16,23,28,35,37,39H,2-3,8-9,11,13-14H2,1H3,(H,32,38)(H,33,36)/t23-,28+,30+,31-/m1/s1. The van der Waals surface area contributed by atoms with Gasteiger partial charge in [0.15, 0.2) is 17.6 Å². The van der Waals surface area contributed by atoms with E-state index in [0.717, 1.165) is 35.2 Å². The molecule has 4 atom stereocenters. The number of nitrogens with zero attached hydrogens (tertiary/aromatic N) is 1. The Hall–Kier alpha value is -3.82. The number of aryl methyl sites for hydroxylation is 1. The molecule has 5 aliphatic rings. The molecule has 1 aromatic heterocycles. The molecule has 9 nitrogen and oxygen atoms in total. The summed E-state index contributed by atoms with van der Waals surface area (Å²) in [6.45, 7) is 3.51. The predicted octanol–water partition coefficient (Wildman–Crippen LogP) is 3.17. The van der Waals surface area contributed by atoms with Crippen molar-refractivity contribution >= 4 is 22.5 Å². The molecule has 1 spiro atoms. The summed E-state index contributed by atoms with van der Waals surface area (Å²) in [4.78, 5) is 30.9. The summed E-state index contributed by atoms with van der Waals surface area (Å²) in [7, 11) is 0. The van der Waals surface area contributed by atoms with Crippen LogP contribution in [0.3, 0.4) is 0 Å². The largest absolute Gasteiger partial charge is 0.508 e. The van der Waals surface area contributed by atoms with Crippen molar-refractivity contribution in [2.75, 3.05) is 18.4 Å². The Morgan fingerprint density at radius 2 is 2.02 bits per heavy atom. The van der Waals surface area contributed by atoms with Gasteiger partial charge in [-0.05, 0) is 74.4 Å². The Kier molecular flexibility index (Phi) is 4.74. The van der Waals surface area contributed by atoms with E-state index in [1.807, 2.05) is 19.1 Å². The highest BCUT2D eigenvalue weighted by Crippen LogP contribution is 2.66. The molecule has 8 rings (SSSR count). The Morgan fingerprint density at radius 1 is 1.20 bits per heavy atom. The monoisotopic (exact) mass is 541 g/mol. The molecule has 3 aromatic rings. The number of phenols is 1. The lowest BCUT2D eigenvalue weighted by Gasteiger charge is -2.62. The minimum absolute atomic E-state index is 0.0250. The Balaban J connectivity index is 1.22. The van der Waals surface area contributed by atoms with E-state index in [4.69, 9.17) is 4.74 Å². The van der Waals surface area contributed by atoms with Crippen molar-refractivity contribution in [3.8, 4) is 11.5 Å².